The minimum absolute atomic E-state index is 0.0681. The number of aliphatic hydroxyl groups is 1. The van der Waals surface area contributed by atoms with Crippen LogP contribution in [0, 0.1) is 5.92 Å². The maximum Gasteiger partial charge on any atom is 0.163 e. The van der Waals surface area contributed by atoms with Crippen LogP contribution in [0.4, 0.5) is 0 Å². The van der Waals surface area contributed by atoms with E-state index in [1.165, 1.54) is 0 Å². The highest BCUT2D eigenvalue weighted by atomic mass is 16.7. The standard InChI is InChI=1S/C10H20O3/c1-6(2)12-10-8(4)9(11)5-7(3)13-10/h6-11H,5H2,1-4H3/t7?,8?,9?,10-/m0/s1. The fraction of sp³-hybridized carbons (Fsp3) is 1.00. The first-order valence-electron chi connectivity index (χ1n) is 4.99. The minimum atomic E-state index is -0.299. The van der Waals surface area contributed by atoms with Gasteiger partial charge in [0, 0.05) is 5.92 Å². The lowest BCUT2D eigenvalue weighted by molar-refractivity contribution is -0.251. The summed E-state index contributed by atoms with van der Waals surface area (Å²) in [5.41, 5.74) is 0. The van der Waals surface area contributed by atoms with Gasteiger partial charge in [0.1, 0.15) is 0 Å². The highest BCUT2D eigenvalue weighted by Crippen LogP contribution is 2.26. The molecule has 0 spiro atoms. The summed E-state index contributed by atoms with van der Waals surface area (Å²) in [7, 11) is 0. The Morgan fingerprint density at radius 1 is 1.38 bits per heavy atom. The third kappa shape index (κ3) is 2.93. The van der Waals surface area contributed by atoms with Gasteiger partial charge in [-0.15, -0.1) is 0 Å². The van der Waals surface area contributed by atoms with Gasteiger partial charge in [0.2, 0.25) is 0 Å². The Labute approximate surface area is 80.0 Å². The van der Waals surface area contributed by atoms with Crippen LogP contribution in [0.15, 0.2) is 0 Å². The second-order valence-electron chi connectivity index (χ2n) is 4.16. The van der Waals surface area contributed by atoms with Gasteiger partial charge >= 0.3 is 0 Å². The third-order valence-electron chi connectivity index (χ3n) is 2.38. The summed E-state index contributed by atoms with van der Waals surface area (Å²) in [5, 5.41) is 9.67. The maximum absolute atomic E-state index is 9.67. The van der Waals surface area contributed by atoms with Crippen molar-refractivity contribution in [2.24, 2.45) is 5.92 Å². The van der Waals surface area contributed by atoms with E-state index in [0.29, 0.717) is 6.42 Å². The van der Waals surface area contributed by atoms with E-state index in [4.69, 9.17) is 9.47 Å². The normalized spacial score (nSPS) is 41.1. The van der Waals surface area contributed by atoms with Gasteiger partial charge in [0.15, 0.2) is 6.29 Å². The number of hydrogen-bond acceptors (Lipinski definition) is 3. The molecule has 1 rings (SSSR count). The maximum atomic E-state index is 9.67. The summed E-state index contributed by atoms with van der Waals surface area (Å²) in [6.45, 7) is 7.87. The van der Waals surface area contributed by atoms with Crippen molar-refractivity contribution in [3.05, 3.63) is 0 Å². The molecule has 13 heavy (non-hydrogen) atoms. The first-order chi connectivity index (χ1) is 6.00. The summed E-state index contributed by atoms with van der Waals surface area (Å²) < 4.78 is 11.2. The van der Waals surface area contributed by atoms with Crippen LogP contribution in [0.2, 0.25) is 0 Å². The van der Waals surface area contributed by atoms with Crippen LogP contribution in [-0.4, -0.2) is 29.7 Å². The molecule has 1 aliphatic rings. The van der Waals surface area contributed by atoms with Gasteiger partial charge in [-0.2, -0.15) is 0 Å². The van der Waals surface area contributed by atoms with Crippen LogP contribution in [-0.2, 0) is 9.47 Å². The van der Waals surface area contributed by atoms with E-state index in [2.05, 4.69) is 0 Å². The van der Waals surface area contributed by atoms with Crippen LogP contribution >= 0.6 is 0 Å². The number of ether oxygens (including phenoxy) is 2. The lowest BCUT2D eigenvalue weighted by atomic mass is 9.96. The molecule has 1 aliphatic heterocycles. The molecule has 1 fully saturated rings. The highest BCUT2D eigenvalue weighted by Gasteiger charge is 2.34. The van der Waals surface area contributed by atoms with Gasteiger partial charge in [-0.25, -0.2) is 0 Å². The molecule has 0 aromatic rings. The van der Waals surface area contributed by atoms with Gasteiger partial charge in [-0.3, -0.25) is 0 Å². The van der Waals surface area contributed by atoms with Crippen molar-refractivity contribution in [1.29, 1.82) is 0 Å². The largest absolute Gasteiger partial charge is 0.393 e. The van der Waals surface area contributed by atoms with E-state index in [1.807, 2.05) is 27.7 Å². The lowest BCUT2D eigenvalue weighted by Gasteiger charge is -2.37. The molecule has 3 unspecified atom stereocenters. The minimum Gasteiger partial charge on any atom is -0.393 e. The van der Waals surface area contributed by atoms with Crippen LogP contribution < -0.4 is 0 Å². The van der Waals surface area contributed by atoms with E-state index in [9.17, 15) is 5.11 Å². The number of hydrogen-bond donors (Lipinski definition) is 1. The Hall–Kier alpha value is -0.120. The van der Waals surface area contributed by atoms with Gasteiger partial charge in [-0.05, 0) is 27.2 Å². The average molecular weight is 188 g/mol. The molecule has 0 amide bonds. The van der Waals surface area contributed by atoms with Crippen molar-refractivity contribution in [2.45, 2.75) is 58.7 Å². The first-order valence-corrected chi connectivity index (χ1v) is 4.99. The first kappa shape index (κ1) is 11.0. The molecule has 0 bridgehead atoms. The second-order valence-corrected chi connectivity index (χ2v) is 4.16. The van der Waals surface area contributed by atoms with Crippen molar-refractivity contribution in [1.82, 2.24) is 0 Å². The monoisotopic (exact) mass is 188 g/mol. The molecule has 0 aromatic carbocycles. The smallest absolute Gasteiger partial charge is 0.163 e. The molecule has 1 saturated heterocycles. The molecule has 1 heterocycles. The molecular weight excluding hydrogens is 168 g/mol. The molecule has 3 heteroatoms. The summed E-state index contributed by atoms with van der Waals surface area (Å²) in [6.07, 6.45) is 0.394. The van der Waals surface area contributed by atoms with E-state index in [-0.39, 0.29) is 30.5 Å². The van der Waals surface area contributed by atoms with Crippen LogP contribution in [0.5, 0.6) is 0 Å². The molecule has 1 N–H and O–H groups in total. The van der Waals surface area contributed by atoms with Gasteiger partial charge in [-0.1, -0.05) is 6.92 Å². The SMILES string of the molecule is CC(C)O[C@H]1OC(C)CC(O)C1C. The molecule has 0 aliphatic carbocycles. The van der Waals surface area contributed by atoms with Crippen molar-refractivity contribution < 1.29 is 14.6 Å². The van der Waals surface area contributed by atoms with Crippen LogP contribution in [0.25, 0.3) is 0 Å². The van der Waals surface area contributed by atoms with E-state index < -0.39 is 0 Å². The van der Waals surface area contributed by atoms with Gasteiger partial charge in [0.25, 0.3) is 0 Å². The topological polar surface area (TPSA) is 38.7 Å². The zero-order valence-electron chi connectivity index (χ0n) is 8.86. The van der Waals surface area contributed by atoms with Gasteiger partial charge < -0.3 is 14.6 Å². The fourth-order valence-electron chi connectivity index (χ4n) is 1.57. The Morgan fingerprint density at radius 3 is 2.54 bits per heavy atom. The zero-order chi connectivity index (χ0) is 10.0. The summed E-state index contributed by atoms with van der Waals surface area (Å²) in [6, 6.07) is 0. The summed E-state index contributed by atoms with van der Waals surface area (Å²) in [4.78, 5) is 0. The van der Waals surface area contributed by atoms with E-state index in [1.54, 1.807) is 0 Å². The number of rotatable bonds is 2. The molecule has 4 atom stereocenters. The molecule has 0 aromatic heterocycles. The summed E-state index contributed by atoms with van der Waals surface area (Å²) >= 11 is 0. The molecular formula is C10H20O3. The summed E-state index contributed by atoms with van der Waals surface area (Å²) in [5.74, 6) is 0.0681. The average Bonchev–Trinajstić information content (AvgIpc) is 1.98. The van der Waals surface area contributed by atoms with E-state index in [0.717, 1.165) is 0 Å². The fourth-order valence-corrected chi connectivity index (χ4v) is 1.57. The predicted octanol–water partition coefficient (Wildman–Crippen LogP) is 1.54. The Morgan fingerprint density at radius 2 is 2.00 bits per heavy atom. The molecule has 78 valence electrons. The Balaban J connectivity index is 2.50. The molecule has 0 radical (unpaired) electrons. The van der Waals surface area contributed by atoms with E-state index >= 15 is 0 Å². The van der Waals surface area contributed by atoms with Crippen LogP contribution in [0.1, 0.15) is 34.1 Å². The molecule has 3 nitrogen and oxygen atoms in total. The second kappa shape index (κ2) is 4.40. The van der Waals surface area contributed by atoms with Crippen molar-refractivity contribution in [2.75, 3.05) is 0 Å². The Bertz CT molecular complexity index is 156. The van der Waals surface area contributed by atoms with Gasteiger partial charge in [0.05, 0.1) is 18.3 Å². The highest BCUT2D eigenvalue weighted by molar-refractivity contribution is 4.77. The predicted molar refractivity (Wildman–Crippen MR) is 50.3 cm³/mol. The van der Waals surface area contributed by atoms with Crippen LogP contribution in [0.3, 0.4) is 0 Å². The lowest BCUT2D eigenvalue weighted by Crippen LogP contribution is -2.44. The van der Waals surface area contributed by atoms with Crippen molar-refractivity contribution in [3.8, 4) is 0 Å². The Kier molecular flexibility index (Phi) is 3.71. The number of aliphatic hydroxyl groups excluding tert-OH is 1. The zero-order valence-corrected chi connectivity index (χ0v) is 8.86. The quantitative estimate of drug-likeness (QED) is 0.714. The molecule has 0 saturated carbocycles. The van der Waals surface area contributed by atoms with Crippen molar-refractivity contribution in [3.63, 3.8) is 0 Å². The van der Waals surface area contributed by atoms with Crippen molar-refractivity contribution >= 4 is 0 Å². The third-order valence-corrected chi connectivity index (χ3v) is 2.38.